The molecular weight excluding hydrogens is 316 g/mol. The summed E-state index contributed by atoms with van der Waals surface area (Å²) in [6.07, 6.45) is 0. The Bertz CT molecular complexity index is 1210. The Morgan fingerprint density at radius 1 is 0.577 bits per heavy atom. The molecule has 0 radical (unpaired) electrons. The quantitative estimate of drug-likeness (QED) is 0.322. The molecule has 0 bridgehead atoms. The van der Waals surface area contributed by atoms with Gasteiger partial charge in [-0.2, -0.15) is 0 Å². The predicted octanol–water partition coefficient (Wildman–Crippen LogP) is 6.56. The molecule has 2 aromatic heterocycles. The van der Waals surface area contributed by atoms with Crippen LogP contribution in [0.2, 0.25) is 0 Å². The molecule has 0 aliphatic rings. The Morgan fingerprint density at radius 3 is 1.35 bits per heavy atom. The highest BCUT2D eigenvalue weighted by molar-refractivity contribution is 6.21. The Morgan fingerprint density at radius 2 is 0.962 bits per heavy atom. The fourth-order valence-corrected chi connectivity index (χ4v) is 4.83. The molecule has 0 saturated carbocycles. The van der Waals surface area contributed by atoms with Crippen LogP contribution >= 0.6 is 0 Å². The van der Waals surface area contributed by atoms with Crippen LogP contribution in [-0.2, 0) is 13.1 Å². The van der Waals surface area contributed by atoms with Gasteiger partial charge in [-0.3, -0.25) is 0 Å². The molecule has 26 heavy (non-hydrogen) atoms. The summed E-state index contributed by atoms with van der Waals surface area (Å²) in [6, 6.07) is 18.4. The maximum atomic E-state index is 2.43. The molecular formula is C24H24N2. The molecule has 2 heteroatoms. The van der Waals surface area contributed by atoms with Gasteiger partial charge >= 0.3 is 0 Å². The third-order valence-corrected chi connectivity index (χ3v) is 5.96. The van der Waals surface area contributed by atoms with Gasteiger partial charge in [-0.1, -0.05) is 36.4 Å². The van der Waals surface area contributed by atoms with Crippen molar-refractivity contribution in [1.82, 2.24) is 9.13 Å². The van der Waals surface area contributed by atoms with Crippen LogP contribution in [0.15, 0.2) is 48.5 Å². The fraction of sp³-hybridized carbons (Fsp3) is 0.250. The van der Waals surface area contributed by atoms with Gasteiger partial charge in [0.05, 0.1) is 11.0 Å². The van der Waals surface area contributed by atoms with E-state index in [4.69, 9.17) is 0 Å². The van der Waals surface area contributed by atoms with E-state index in [1.54, 1.807) is 0 Å². The van der Waals surface area contributed by atoms with Crippen LogP contribution < -0.4 is 0 Å². The molecule has 5 aromatic rings. The van der Waals surface area contributed by atoms with Gasteiger partial charge in [0.15, 0.2) is 0 Å². The van der Waals surface area contributed by atoms with Crippen LogP contribution in [0, 0.1) is 13.8 Å². The van der Waals surface area contributed by atoms with E-state index < -0.39 is 0 Å². The first kappa shape index (κ1) is 15.5. The van der Waals surface area contributed by atoms with Crippen molar-refractivity contribution in [2.24, 2.45) is 0 Å². The van der Waals surface area contributed by atoms with E-state index in [9.17, 15) is 0 Å². The number of hydrogen-bond donors (Lipinski definition) is 0. The van der Waals surface area contributed by atoms with Gasteiger partial charge in [0, 0.05) is 46.0 Å². The number of fused-ring (bicyclic) bond motifs is 7. The van der Waals surface area contributed by atoms with E-state index >= 15 is 0 Å². The third kappa shape index (κ3) is 1.87. The van der Waals surface area contributed by atoms with E-state index in [2.05, 4.69) is 85.4 Å². The first-order chi connectivity index (χ1) is 12.6. The number of benzene rings is 3. The van der Waals surface area contributed by atoms with E-state index in [0.29, 0.717) is 0 Å². The maximum absolute atomic E-state index is 2.43. The average molecular weight is 340 g/mol. The largest absolute Gasteiger partial charge is 0.345 e. The Balaban J connectivity index is 2.00. The average Bonchev–Trinajstić information content (AvgIpc) is 3.15. The minimum absolute atomic E-state index is 1.00. The lowest BCUT2D eigenvalue weighted by atomic mass is 9.98. The molecule has 0 N–H and O–H groups in total. The van der Waals surface area contributed by atoms with Crippen LogP contribution in [-0.4, -0.2) is 9.13 Å². The molecule has 5 rings (SSSR count). The summed E-state index contributed by atoms with van der Waals surface area (Å²) in [5.74, 6) is 0. The van der Waals surface area contributed by atoms with Gasteiger partial charge in [0.1, 0.15) is 0 Å². The summed E-state index contributed by atoms with van der Waals surface area (Å²) in [5.41, 5.74) is 5.40. The maximum Gasteiger partial charge on any atom is 0.0562 e. The third-order valence-electron chi connectivity index (χ3n) is 5.96. The summed E-state index contributed by atoms with van der Waals surface area (Å²) in [6.45, 7) is 10.9. The minimum Gasteiger partial charge on any atom is -0.345 e. The fourth-order valence-electron chi connectivity index (χ4n) is 4.83. The van der Waals surface area contributed by atoms with Gasteiger partial charge < -0.3 is 9.13 Å². The number of aryl methyl sites for hydroxylation is 4. The minimum atomic E-state index is 1.00. The highest BCUT2D eigenvalue weighted by atomic mass is 15.0. The second kappa shape index (κ2) is 5.38. The second-order valence-corrected chi connectivity index (χ2v) is 7.32. The van der Waals surface area contributed by atoms with Gasteiger partial charge in [-0.25, -0.2) is 0 Å². The molecule has 2 heterocycles. The molecule has 0 fully saturated rings. The van der Waals surface area contributed by atoms with Gasteiger partial charge in [0.2, 0.25) is 0 Å². The van der Waals surface area contributed by atoms with Crippen molar-refractivity contribution in [3.63, 3.8) is 0 Å². The van der Waals surface area contributed by atoms with Crippen molar-refractivity contribution in [2.75, 3.05) is 0 Å². The molecule has 0 atom stereocenters. The first-order valence-corrected chi connectivity index (χ1v) is 9.58. The molecule has 2 nitrogen and oxygen atoms in total. The zero-order chi connectivity index (χ0) is 18.0. The van der Waals surface area contributed by atoms with Crippen LogP contribution in [0.4, 0.5) is 0 Å². The topological polar surface area (TPSA) is 9.86 Å². The van der Waals surface area contributed by atoms with E-state index in [1.807, 2.05) is 0 Å². The van der Waals surface area contributed by atoms with Crippen molar-refractivity contribution in [2.45, 2.75) is 40.8 Å². The van der Waals surface area contributed by atoms with Crippen molar-refractivity contribution >= 4 is 43.4 Å². The first-order valence-electron chi connectivity index (χ1n) is 9.58. The summed E-state index contributed by atoms with van der Waals surface area (Å²) in [4.78, 5) is 0. The zero-order valence-corrected chi connectivity index (χ0v) is 15.9. The lowest BCUT2D eigenvalue weighted by Gasteiger charge is -2.12. The Labute approximate surface area is 153 Å². The molecule has 0 amide bonds. The molecule has 0 spiro atoms. The van der Waals surface area contributed by atoms with Crippen LogP contribution in [0.3, 0.4) is 0 Å². The Kier molecular flexibility index (Phi) is 3.21. The highest BCUT2D eigenvalue weighted by Crippen LogP contribution is 2.36. The normalized spacial score (nSPS) is 12.2. The monoisotopic (exact) mass is 340 g/mol. The molecule has 0 unspecified atom stereocenters. The molecule has 3 aromatic carbocycles. The number of hydrogen-bond acceptors (Lipinski definition) is 0. The van der Waals surface area contributed by atoms with Crippen LogP contribution in [0.5, 0.6) is 0 Å². The standard InChI is InChI=1S/C24H24N2/c1-5-25-15(3)13-17-7-9-19-20-10-8-18-14-16(4)26(6-2)24(18)22(20)12-11-21(19)23(17)25/h7-14H,5-6H2,1-4H3. The molecule has 0 aliphatic heterocycles. The summed E-state index contributed by atoms with van der Waals surface area (Å²) in [5, 5.41) is 8.10. The SMILES string of the molecule is CCn1c(C)cc2ccc3c4ccc5cc(C)n(CC)c5c4ccc3c21. The van der Waals surface area contributed by atoms with Gasteiger partial charge in [-0.05, 0) is 50.6 Å². The van der Waals surface area contributed by atoms with E-state index in [0.717, 1.165) is 13.1 Å². The predicted molar refractivity (Wildman–Crippen MR) is 113 cm³/mol. The molecule has 0 saturated heterocycles. The molecule has 130 valence electrons. The van der Waals surface area contributed by atoms with Gasteiger partial charge in [0.25, 0.3) is 0 Å². The highest BCUT2D eigenvalue weighted by Gasteiger charge is 2.13. The van der Waals surface area contributed by atoms with Crippen molar-refractivity contribution in [3.05, 3.63) is 59.9 Å². The molecule has 0 aliphatic carbocycles. The lowest BCUT2D eigenvalue weighted by molar-refractivity contribution is 0.771. The van der Waals surface area contributed by atoms with E-state index in [1.165, 1.54) is 54.7 Å². The zero-order valence-electron chi connectivity index (χ0n) is 15.9. The Hall–Kier alpha value is -2.74. The lowest BCUT2D eigenvalue weighted by Crippen LogP contribution is -1.97. The number of rotatable bonds is 2. The van der Waals surface area contributed by atoms with Crippen LogP contribution in [0.25, 0.3) is 43.4 Å². The summed E-state index contributed by atoms with van der Waals surface area (Å²) < 4.78 is 4.86. The second-order valence-electron chi connectivity index (χ2n) is 7.32. The van der Waals surface area contributed by atoms with Crippen molar-refractivity contribution < 1.29 is 0 Å². The van der Waals surface area contributed by atoms with Gasteiger partial charge in [-0.15, -0.1) is 0 Å². The number of aromatic nitrogens is 2. The van der Waals surface area contributed by atoms with Crippen LogP contribution in [0.1, 0.15) is 25.2 Å². The van der Waals surface area contributed by atoms with Crippen molar-refractivity contribution in [3.8, 4) is 0 Å². The summed E-state index contributed by atoms with van der Waals surface area (Å²) >= 11 is 0. The number of nitrogens with zero attached hydrogens (tertiary/aromatic N) is 2. The van der Waals surface area contributed by atoms with Crippen molar-refractivity contribution in [1.29, 1.82) is 0 Å². The smallest absolute Gasteiger partial charge is 0.0562 e. The summed E-state index contributed by atoms with van der Waals surface area (Å²) in [7, 11) is 0. The van der Waals surface area contributed by atoms with E-state index in [-0.39, 0.29) is 0 Å².